The van der Waals surface area contributed by atoms with Crippen LogP contribution in [0.1, 0.15) is 43.0 Å². The van der Waals surface area contributed by atoms with Crippen LogP contribution in [0.4, 0.5) is 5.00 Å². The van der Waals surface area contributed by atoms with E-state index in [9.17, 15) is 4.79 Å². The Labute approximate surface area is 164 Å². The number of ether oxygens (including phenoxy) is 1. The van der Waals surface area contributed by atoms with Crippen molar-refractivity contribution in [3.63, 3.8) is 0 Å². The number of nitrogens with one attached hydrogen (secondary N) is 1. The lowest BCUT2D eigenvalue weighted by Gasteiger charge is -2.23. The van der Waals surface area contributed by atoms with Crippen molar-refractivity contribution in [3.8, 4) is 10.4 Å². The zero-order valence-electron chi connectivity index (χ0n) is 15.0. The Morgan fingerprint density at radius 3 is 2.54 bits per heavy atom. The number of hydrogen-bond donors (Lipinski definition) is 1. The minimum Gasteiger partial charge on any atom is -0.462 e. The van der Waals surface area contributed by atoms with E-state index < -0.39 is 0 Å². The Morgan fingerprint density at radius 2 is 1.88 bits per heavy atom. The fourth-order valence-electron chi connectivity index (χ4n) is 3.04. The lowest BCUT2D eigenvalue weighted by Crippen LogP contribution is -2.35. The van der Waals surface area contributed by atoms with Crippen molar-refractivity contribution >= 4 is 39.6 Å². The number of likely N-dealkylation sites (tertiary alicyclic amines) is 1. The van der Waals surface area contributed by atoms with Crippen LogP contribution in [0.15, 0.2) is 36.4 Å². The molecule has 1 aromatic heterocycles. The van der Waals surface area contributed by atoms with Crippen LogP contribution in [-0.2, 0) is 4.74 Å². The number of nitrogens with zero attached hydrogens (tertiary/aromatic N) is 1. The van der Waals surface area contributed by atoms with Crippen LogP contribution in [0, 0.1) is 0 Å². The SMILES string of the molecule is CCOC(=O)c1cc(-c2ccccc2)sc1NC(=S)N1CCCCCC1. The van der Waals surface area contributed by atoms with Gasteiger partial charge in [0.15, 0.2) is 5.11 Å². The maximum Gasteiger partial charge on any atom is 0.341 e. The molecule has 6 heteroatoms. The van der Waals surface area contributed by atoms with Crippen LogP contribution in [-0.4, -0.2) is 35.7 Å². The van der Waals surface area contributed by atoms with Gasteiger partial charge in [-0.15, -0.1) is 11.3 Å². The van der Waals surface area contributed by atoms with Crippen molar-refractivity contribution in [1.29, 1.82) is 0 Å². The van der Waals surface area contributed by atoms with E-state index in [4.69, 9.17) is 17.0 Å². The summed E-state index contributed by atoms with van der Waals surface area (Å²) in [5.74, 6) is -0.313. The average Bonchev–Trinajstić information content (AvgIpc) is 2.88. The predicted molar refractivity (Wildman–Crippen MR) is 112 cm³/mol. The molecule has 1 aromatic carbocycles. The number of thiophene rings is 1. The van der Waals surface area contributed by atoms with Crippen LogP contribution in [0.3, 0.4) is 0 Å². The number of rotatable bonds is 4. The molecule has 26 heavy (non-hydrogen) atoms. The standard InChI is InChI=1S/C20H24N2O2S2/c1-2-24-19(23)16-14-17(15-10-6-5-7-11-15)26-18(16)21-20(25)22-12-8-3-4-9-13-22/h5-7,10-11,14H,2-4,8-9,12-13H2,1H3,(H,21,25). The third kappa shape index (κ3) is 4.62. The first-order chi connectivity index (χ1) is 12.7. The normalized spacial score (nSPS) is 14.6. The van der Waals surface area contributed by atoms with Gasteiger partial charge in [0.2, 0.25) is 0 Å². The number of carbonyl (C=O) groups excluding carboxylic acids is 1. The topological polar surface area (TPSA) is 41.6 Å². The fraction of sp³-hybridized carbons (Fsp3) is 0.400. The highest BCUT2D eigenvalue weighted by atomic mass is 32.1. The van der Waals surface area contributed by atoms with Crippen molar-refractivity contribution in [1.82, 2.24) is 4.90 Å². The number of esters is 1. The summed E-state index contributed by atoms with van der Waals surface area (Å²) >= 11 is 7.16. The Bertz CT molecular complexity index is 750. The fourth-order valence-corrected chi connectivity index (χ4v) is 4.44. The van der Waals surface area contributed by atoms with Crippen molar-refractivity contribution in [2.75, 3.05) is 25.0 Å². The largest absolute Gasteiger partial charge is 0.462 e. The van der Waals surface area contributed by atoms with Gasteiger partial charge in [-0.05, 0) is 43.6 Å². The molecule has 1 saturated heterocycles. The Hall–Kier alpha value is -1.92. The van der Waals surface area contributed by atoms with Gasteiger partial charge in [-0.3, -0.25) is 0 Å². The van der Waals surface area contributed by atoms with Crippen molar-refractivity contribution in [3.05, 3.63) is 42.0 Å². The maximum atomic E-state index is 12.4. The molecule has 0 aliphatic carbocycles. The highest BCUT2D eigenvalue weighted by molar-refractivity contribution is 7.80. The zero-order chi connectivity index (χ0) is 18.4. The second-order valence-electron chi connectivity index (χ2n) is 6.27. The molecule has 3 rings (SSSR count). The van der Waals surface area contributed by atoms with Gasteiger partial charge >= 0.3 is 5.97 Å². The van der Waals surface area contributed by atoms with E-state index in [0.717, 1.165) is 41.4 Å². The molecule has 0 amide bonds. The number of carbonyl (C=O) groups is 1. The van der Waals surface area contributed by atoms with Crippen molar-refractivity contribution in [2.45, 2.75) is 32.6 Å². The summed E-state index contributed by atoms with van der Waals surface area (Å²) in [6, 6.07) is 11.9. The molecule has 4 nitrogen and oxygen atoms in total. The van der Waals surface area contributed by atoms with E-state index in [1.165, 1.54) is 24.2 Å². The molecule has 1 N–H and O–H groups in total. The van der Waals surface area contributed by atoms with E-state index in [1.807, 2.05) is 43.3 Å². The number of thiocarbonyl (C=S) groups is 1. The summed E-state index contributed by atoms with van der Waals surface area (Å²) in [6.07, 6.45) is 4.83. The summed E-state index contributed by atoms with van der Waals surface area (Å²) in [4.78, 5) is 15.6. The minimum absolute atomic E-state index is 0.313. The quantitative estimate of drug-likeness (QED) is 0.578. The molecule has 0 atom stereocenters. The molecular weight excluding hydrogens is 364 g/mol. The van der Waals surface area contributed by atoms with Gasteiger partial charge in [0.25, 0.3) is 0 Å². The molecule has 0 saturated carbocycles. The van der Waals surface area contributed by atoms with Crippen molar-refractivity contribution < 1.29 is 9.53 Å². The second-order valence-corrected chi connectivity index (χ2v) is 7.71. The molecule has 1 aliphatic rings. The van der Waals surface area contributed by atoms with E-state index in [-0.39, 0.29) is 5.97 Å². The van der Waals surface area contributed by atoms with Gasteiger partial charge in [-0.1, -0.05) is 43.2 Å². The first-order valence-electron chi connectivity index (χ1n) is 9.11. The third-order valence-electron chi connectivity index (χ3n) is 4.40. The van der Waals surface area contributed by atoms with Gasteiger partial charge in [0.1, 0.15) is 5.00 Å². The van der Waals surface area contributed by atoms with E-state index in [0.29, 0.717) is 17.3 Å². The molecule has 1 aliphatic heterocycles. The molecule has 138 valence electrons. The predicted octanol–water partition coefficient (Wildman–Crippen LogP) is 5.16. The lowest BCUT2D eigenvalue weighted by atomic mass is 10.1. The number of benzene rings is 1. The van der Waals surface area contributed by atoms with E-state index in [1.54, 1.807) is 0 Å². The Morgan fingerprint density at radius 1 is 1.19 bits per heavy atom. The van der Waals surface area contributed by atoms with Crippen LogP contribution >= 0.6 is 23.6 Å². The third-order valence-corrected chi connectivity index (χ3v) is 5.86. The average molecular weight is 389 g/mol. The number of anilines is 1. The van der Waals surface area contributed by atoms with Gasteiger partial charge < -0.3 is 15.0 Å². The highest BCUT2D eigenvalue weighted by Gasteiger charge is 2.21. The van der Waals surface area contributed by atoms with Crippen molar-refractivity contribution in [2.24, 2.45) is 0 Å². The molecule has 0 bridgehead atoms. The van der Waals surface area contributed by atoms with Crippen LogP contribution < -0.4 is 5.32 Å². The van der Waals surface area contributed by atoms with Gasteiger partial charge in [0, 0.05) is 18.0 Å². The molecule has 0 radical (unpaired) electrons. The zero-order valence-corrected chi connectivity index (χ0v) is 16.6. The van der Waals surface area contributed by atoms with E-state index in [2.05, 4.69) is 10.2 Å². The minimum atomic E-state index is -0.313. The number of hydrogen-bond acceptors (Lipinski definition) is 4. The smallest absolute Gasteiger partial charge is 0.341 e. The van der Waals surface area contributed by atoms with Crippen LogP contribution in [0.2, 0.25) is 0 Å². The second kappa shape index (κ2) is 9.14. The monoisotopic (exact) mass is 388 g/mol. The summed E-state index contributed by atoms with van der Waals surface area (Å²) in [7, 11) is 0. The lowest BCUT2D eigenvalue weighted by molar-refractivity contribution is 0.0528. The highest BCUT2D eigenvalue weighted by Crippen LogP contribution is 2.36. The van der Waals surface area contributed by atoms with E-state index >= 15 is 0 Å². The molecule has 0 unspecified atom stereocenters. The van der Waals surface area contributed by atoms with Gasteiger partial charge in [-0.2, -0.15) is 0 Å². The Balaban J connectivity index is 1.85. The van der Waals surface area contributed by atoms with Crippen LogP contribution in [0.25, 0.3) is 10.4 Å². The van der Waals surface area contributed by atoms with Gasteiger partial charge in [0.05, 0.1) is 12.2 Å². The van der Waals surface area contributed by atoms with Gasteiger partial charge in [-0.25, -0.2) is 4.79 Å². The first kappa shape index (κ1) is 18.9. The first-order valence-corrected chi connectivity index (χ1v) is 10.3. The molecule has 2 aromatic rings. The molecule has 2 heterocycles. The summed E-state index contributed by atoms with van der Waals surface area (Å²) in [6.45, 7) is 4.11. The van der Waals surface area contributed by atoms with Crippen LogP contribution in [0.5, 0.6) is 0 Å². The molecule has 1 fully saturated rings. The summed E-state index contributed by atoms with van der Waals surface area (Å²) in [5.41, 5.74) is 1.63. The summed E-state index contributed by atoms with van der Waals surface area (Å²) in [5, 5.41) is 4.77. The molecule has 0 spiro atoms. The summed E-state index contributed by atoms with van der Waals surface area (Å²) < 4.78 is 5.24. The Kier molecular flexibility index (Phi) is 6.63. The maximum absolute atomic E-state index is 12.4. The molecular formula is C20H24N2O2S2.